The molecule has 2 rings (SSSR count). The molecule has 2 aromatic rings. The van der Waals surface area contributed by atoms with Crippen LogP contribution in [0, 0.1) is 5.82 Å². The van der Waals surface area contributed by atoms with Crippen LogP contribution in [0.2, 0.25) is 0 Å². The summed E-state index contributed by atoms with van der Waals surface area (Å²) < 4.78 is 80.6. The Morgan fingerprint density at radius 2 is 1.77 bits per heavy atom. The fraction of sp³-hybridized carbons (Fsp3) is 0.316. The van der Waals surface area contributed by atoms with Crippen LogP contribution < -0.4 is 15.4 Å². The third-order valence-corrected chi connectivity index (χ3v) is 5.09. The van der Waals surface area contributed by atoms with E-state index in [-0.39, 0.29) is 36.1 Å². The first-order chi connectivity index (χ1) is 14.0. The van der Waals surface area contributed by atoms with Crippen LogP contribution in [0.5, 0.6) is 5.75 Å². The second-order valence-corrected chi connectivity index (χ2v) is 8.26. The zero-order chi connectivity index (χ0) is 22.4. The molecule has 0 aliphatic rings. The van der Waals surface area contributed by atoms with Crippen molar-refractivity contribution in [2.24, 2.45) is 4.99 Å². The van der Waals surface area contributed by atoms with Crippen LogP contribution in [0.15, 0.2) is 52.4 Å². The molecule has 0 saturated carbocycles. The van der Waals surface area contributed by atoms with Gasteiger partial charge in [0, 0.05) is 19.8 Å². The molecule has 0 heterocycles. The Morgan fingerprint density at radius 3 is 2.33 bits per heavy atom. The number of nitrogens with zero attached hydrogens (tertiary/aromatic N) is 1. The first-order valence-corrected chi connectivity index (χ1v) is 10.6. The Kier molecular flexibility index (Phi) is 7.65. The van der Waals surface area contributed by atoms with Gasteiger partial charge < -0.3 is 15.4 Å². The second-order valence-electron chi connectivity index (χ2n) is 6.24. The van der Waals surface area contributed by atoms with Crippen LogP contribution >= 0.6 is 0 Å². The maximum absolute atomic E-state index is 13.2. The summed E-state index contributed by atoms with van der Waals surface area (Å²) in [6.07, 6.45) is -3.56. The number of hydrogen-bond donors (Lipinski definition) is 2. The number of nitrogens with one attached hydrogen (secondary N) is 2. The topological polar surface area (TPSA) is 79.8 Å². The number of benzene rings is 2. The Hall–Kier alpha value is -2.82. The fourth-order valence-corrected chi connectivity index (χ4v) is 3.12. The van der Waals surface area contributed by atoms with E-state index in [1.54, 1.807) is 0 Å². The SMILES string of the molecule is CN=C(NCCOc1ccc(S(C)(=O)=O)cc1)NCc1ccc(F)cc1C(F)(F)F. The molecule has 6 nitrogen and oxygen atoms in total. The monoisotopic (exact) mass is 447 g/mol. The fourth-order valence-electron chi connectivity index (χ4n) is 2.49. The van der Waals surface area contributed by atoms with Crippen LogP contribution in [0.25, 0.3) is 0 Å². The van der Waals surface area contributed by atoms with Crippen molar-refractivity contribution < 1.29 is 30.7 Å². The highest BCUT2D eigenvalue weighted by Gasteiger charge is 2.33. The number of guanidine groups is 1. The standard InChI is InChI=1S/C19H21F4N3O3S/c1-24-18(26-12-13-3-4-14(20)11-17(13)19(21,22)23)25-9-10-29-15-5-7-16(8-6-15)30(2,27)28/h3-8,11H,9-10,12H2,1-2H3,(H2,24,25,26). The Bertz CT molecular complexity index is 991. The zero-order valence-electron chi connectivity index (χ0n) is 16.3. The number of halogens is 4. The lowest BCUT2D eigenvalue weighted by Gasteiger charge is -2.16. The van der Waals surface area contributed by atoms with Gasteiger partial charge >= 0.3 is 6.18 Å². The summed E-state index contributed by atoms with van der Waals surface area (Å²) in [5.41, 5.74) is -1.17. The van der Waals surface area contributed by atoms with Gasteiger partial charge in [0.2, 0.25) is 0 Å². The number of aliphatic imine (C=N–C) groups is 1. The Labute approximate surface area is 171 Å². The number of rotatable bonds is 7. The zero-order valence-corrected chi connectivity index (χ0v) is 17.1. The van der Waals surface area contributed by atoms with E-state index >= 15 is 0 Å². The van der Waals surface area contributed by atoms with E-state index in [9.17, 15) is 26.0 Å². The minimum atomic E-state index is -4.67. The van der Waals surface area contributed by atoms with Gasteiger partial charge in [0.05, 0.1) is 17.0 Å². The van der Waals surface area contributed by atoms with Crippen molar-refractivity contribution in [2.75, 3.05) is 26.5 Å². The van der Waals surface area contributed by atoms with E-state index in [4.69, 9.17) is 4.74 Å². The summed E-state index contributed by atoms with van der Waals surface area (Å²) in [6, 6.07) is 8.40. The molecule has 0 aliphatic heterocycles. The van der Waals surface area contributed by atoms with Gasteiger partial charge in [-0.3, -0.25) is 4.99 Å². The summed E-state index contributed by atoms with van der Waals surface area (Å²) in [5, 5.41) is 5.61. The molecular weight excluding hydrogens is 426 g/mol. The van der Waals surface area contributed by atoms with Gasteiger partial charge in [-0.2, -0.15) is 13.2 Å². The molecule has 0 spiro atoms. The number of sulfone groups is 1. The molecule has 2 N–H and O–H groups in total. The largest absolute Gasteiger partial charge is 0.492 e. The van der Waals surface area contributed by atoms with Crippen molar-refractivity contribution in [3.05, 3.63) is 59.4 Å². The van der Waals surface area contributed by atoms with Crippen molar-refractivity contribution in [1.29, 1.82) is 0 Å². The summed E-state index contributed by atoms with van der Waals surface area (Å²) >= 11 is 0. The Balaban J connectivity index is 1.85. The van der Waals surface area contributed by atoms with Crippen molar-refractivity contribution >= 4 is 15.8 Å². The molecule has 0 radical (unpaired) electrons. The molecule has 0 amide bonds. The van der Waals surface area contributed by atoms with E-state index in [0.29, 0.717) is 11.8 Å². The molecule has 164 valence electrons. The van der Waals surface area contributed by atoms with E-state index < -0.39 is 27.4 Å². The van der Waals surface area contributed by atoms with Gasteiger partial charge in [-0.25, -0.2) is 12.8 Å². The first kappa shape index (κ1) is 23.5. The number of alkyl halides is 3. The van der Waals surface area contributed by atoms with E-state index in [2.05, 4.69) is 15.6 Å². The third-order valence-electron chi connectivity index (χ3n) is 3.96. The predicted octanol–water partition coefficient (Wildman–Crippen LogP) is 2.99. The molecular formula is C19H21F4N3O3S. The average molecular weight is 447 g/mol. The number of hydrogen-bond acceptors (Lipinski definition) is 4. The lowest BCUT2D eigenvalue weighted by Crippen LogP contribution is -2.39. The lowest BCUT2D eigenvalue weighted by molar-refractivity contribution is -0.138. The van der Waals surface area contributed by atoms with Gasteiger partial charge in [-0.15, -0.1) is 0 Å². The summed E-state index contributed by atoms with van der Waals surface area (Å²) in [4.78, 5) is 4.09. The molecule has 0 fully saturated rings. The highest BCUT2D eigenvalue weighted by molar-refractivity contribution is 7.90. The Morgan fingerprint density at radius 1 is 1.10 bits per heavy atom. The molecule has 0 aliphatic carbocycles. The lowest BCUT2D eigenvalue weighted by atomic mass is 10.1. The van der Waals surface area contributed by atoms with Gasteiger partial charge in [-0.1, -0.05) is 6.07 Å². The second kappa shape index (κ2) is 9.79. The molecule has 30 heavy (non-hydrogen) atoms. The van der Waals surface area contributed by atoms with Crippen LogP contribution in [0.4, 0.5) is 17.6 Å². The maximum atomic E-state index is 13.2. The molecule has 0 saturated heterocycles. The highest BCUT2D eigenvalue weighted by atomic mass is 32.2. The van der Waals surface area contributed by atoms with E-state index in [0.717, 1.165) is 18.4 Å². The van der Waals surface area contributed by atoms with Gasteiger partial charge in [0.25, 0.3) is 0 Å². The van der Waals surface area contributed by atoms with Crippen molar-refractivity contribution in [3.63, 3.8) is 0 Å². The quantitative estimate of drug-likeness (QED) is 0.295. The average Bonchev–Trinajstić information content (AvgIpc) is 2.67. The third kappa shape index (κ3) is 6.90. The minimum Gasteiger partial charge on any atom is -0.492 e. The summed E-state index contributed by atoms with van der Waals surface area (Å²) in [5.74, 6) is -0.257. The first-order valence-electron chi connectivity index (χ1n) is 8.74. The van der Waals surface area contributed by atoms with E-state index in [1.807, 2.05) is 0 Å². The normalized spacial score (nSPS) is 12.5. The van der Waals surface area contributed by atoms with Crippen molar-refractivity contribution in [1.82, 2.24) is 10.6 Å². The minimum absolute atomic E-state index is 0.117. The van der Waals surface area contributed by atoms with Crippen LogP contribution in [-0.4, -0.2) is 40.8 Å². The smallest absolute Gasteiger partial charge is 0.416 e. The van der Waals surface area contributed by atoms with Crippen LogP contribution in [0.3, 0.4) is 0 Å². The summed E-state index contributed by atoms with van der Waals surface area (Å²) in [6.45, 7) is 0.273. The summed E-state index contributed by atoms with van der Waals surface area (Å²) in [7, 11) is -1.83. The van der Waals surface area contributed by atoms with Crippen molar-refractivity contribution in [3.8, 4) is 5.75 Å². The van der Waals surface area contributed by atoms with Gasteiger partial charge in [0.15, 0.2) is 15.8 Å². The van der Waals surface area contributed by atoms with Crippen LogP contribution in [-0.2, 0) is 22.6 Å². The highest BCUT2D eigenvalue weighted by Crippen LogP contribution is 2.32. The van der Waals surface area contributed by atoms with E-state index in [1.165, 1.54) is 31.3 Å². The maximum Gasteiger partial charge on any atom is 0.416 e. The molecule has 0 atom stereocenters. The molecule has 0 unspecified atom stereocenters. The molecule has 11 heteroatoms. The van der Waals surface area contributed by atoms with Crippen molar-refractivity contribution in [2.45, 2.75) is 17.6 Å². The van der Waals surface area contributed by atoms with Gasteiger partial charge in [0.1, 0.15) is 18.2 Å². The van der Waals surface area contributed by atoms with Gasteiger partial charge in [-0.05, 0) is 42.0 Å². The van der Waals surface area contributed by atoms with Crippen LogP contribution in [0.1, 0.15) is 11.1 Å². The molecule has 0 aromatic heterocycles. The molecule has 2 aromatic carbocycles. The molecule has 0 bridgehead atoms. The number of ether oxygens (including phenoxy) is 1. The predicted molar refractivity (Wildman–Crippen MR) is 105 cm³/mol.